The molecule has 50 valence electrons. The highest BCUT2D eigenvalue weighted by atomic mass is 16.5. The molecule has 0 aromatic carbocycles. The van der Waals surface area contributed by atoms with Crippen molar-refractivity contribution in [3.8, 4) is 0 Å². The Bertz CT molecular complexity index is 145. The van der Waals surface area contributed by atoms with Crippen LogP contribution in [0.15, 0.2) is 24.5 Å². The van der Waals surface area contributed by atoms with Gasteiger partial charge in [-0.05, 0) is 19.1 Å². The zero-order chi connectivity index (χ0) is 7.28. The molecule has 0 aromatic heterocycles. The normalized spacial score (nSPS) is 10.7. The molecule has 9 heavy (non-hydrogen) atoms. The summed E-state index contributed by atoms with van der Waals surface area (Å²) < 4.78 is 4.65. The minimum absolute atomic E-state index is 0.317. The Hall–Kier alpha value is -1.05. The van der Waals surface area contributed by atoms with Crippen LogP contribution in [0.1, 0.15) is 13.8 Å². The number of hydrogen-bond acceptors (Lipinski definition) is 2. The number of rotatable bonds is 2. The standard InChI is InChI=1S/C7H10O2/c1-4-7(5-2)9-6(3)8/h4-5H,1H2,2-3H3/b7-5+. The number of ether oxygens (including phenoxy) is 1. The summed E-state index contributed by atoms with van der Waals surface area (Å²) in [5, 5.41) is 0. The second-order valence-electron chi connectivity index (χ2n) is 1.49. The maximum absolute atomic E-state index is 10.3. The molecule has 0 saturated carbocycles. The summed E-state index contributed by atoms with van der Waals surface area (Å²) in [6, 6.07) is 0. The van der Waals surface area contributed by atoms with Crippen molar-refractivity contribution >= 4 is 5.97 Å². The van der Waals surface area contributed by atoms with E-state index < -0.39 is 0 Å². The molecule has 0 aromatic rings. The second-order valence-corrected chi connectivity index (χ2v) is 1.49. The number of allylic oxidation sites excluding steroid dienone is 2. The number of esters is 1. The van der Waals surface area contributed by atoms with Crippen LogP contribution in [-0.4, -0.2) is 5.97 Å². The van der Waals surface area contributed by atoms with E-state index in [1.54, 1.807) is 13.0 Å². The lowest BCUT2D eigenvalue weighted by molar-refractivity contribution is -0.136. The van der Waals surface area contributed by atoms with Gasteiger partial charge >= 0.3 is 5.97 Å². The van der Waals surface area contributed by atoms with E-state index in [-0.39, 0.29) is 5.97 Å². The topological polar surface area (TPSA) is 26.3 Å². The van der Waals surface area contributed by atoms with Crippen LogP contribution < -0.4 is 0 Å². The highest BCUT2D eigenvalue weighted by molar-refractivity contribution is 5.67. The first kappa shape index (κ1) is 7.95. The highest BCUT2D eigenvalue weighted by Gasteiger charge is 1.92. The molecule has 2 nitrogen and oxygen atoms in total. The van der Waals surface area contributed by atoms with Gasteiger partial charge in [-0.25, -0.2) is 0 Å². The monoisotopic (exact) mass is 126 g/mol. The third-order valence-corrected chi connectivity index (χ3v) is 0.747. The van der Waals surface area contributed by atoms with Crippen molar-refractivity contribution in [2.45, 2.75) is 13.8 Å². The van der Waals surface area contributed by atoms with Gasteiger partial charge in [0, 0.05) is 6.92 Å². The van der Waals surface area contributed by atoms with Gasteiger partial charge in [0.05, 0.1) is 0 Å². The third-order valence-electron chi connectivity index (χ3n) is 0.747. The fourth-order valence-corrected chi connectivity index (χ4v) is 0.384. The van der Waals surface area contributed by atoms with Crippen molar-refractivity contribution in [3.63, 3.8) is 0 Å². The Morgan fingerprint density at radius 2 is 2.22 bits per heavy atom. The second kappa shape index (κ2) is 3.89. The van der Waals surface area contributed by atoms with E-state index in [0.717, 1.165) is 0 Å². The summed E-state index contributed by atoms with van der Waals surface area (Å²) in [4.78, 5) is 10.3. The molecule has 0 radical (unpaired) electrons. The SMILES string of the molecule is C=C/C(=C\C)OC(C)=O. The van der Waals surface area contributed by atoms with E-state index in [9.17, 15) is 4.79 Å². The number of carbonyl (C=O) groups excluding carboxylic acids is 1. The van der Waals surface area contributed by atoms with Gasteiger partial charge < -0.3 is 4.74 Å². The largest absolute Gasteiger partial charge is 0.427 e. The van der Waals surface area contributed by atoms with Crippen molar-refractivity contribution in [1.29, 1.82) is 0 Å². The van der Waals surface area contributed by atoms with Gasteiger partial charge in [0.1, 0.15) is 5.76 Å². The Balaban J connectivity index is 3.86. The van der Waals surface area contributed by atoms with Gasteiger partial charge in [0.15, 0.2) is 0 Å². The lowest BCUT2D eigenvalue weighted by Gasteiger charge is -1.97. The Labute approximate surface area is 54.8 Å². The fourth-order valence-electron chi connectivity index (χ4n) is 0.384. The summed E-state index contributed by atoms with van der Waals surface area (Å²) in [5.41, 5.74) is 0. The molecule has 0 atom stereocenters. The van der Waals surface area contributed by atoms with Gasteiger partial charge in [0.25, 0.3) is 0 Å². The van der Waals surface area contributed by atoms with Gasteiger partial charge in [0.2, 0.25) is 0 Å². The lowest BCUT2D eigenvalue weighted by Crippen LogP contribution is -1.95. The van der Waals surface area contributed by atoms with Gasteiger partial charge in [-0.2, -0.15) is 0 Å². The molecule has 0 aliphatic rings. The van der Waals surface area contributed by atoms with E-state index in [4.69, 9.17) is 0 Å². The first-order chi connectivity index (χ1) is 4.20. The predicted octanol–water partition coefficient (Wildman–Crippen LogP) is 1.64. The zero-order valence-electron chi connectivity index (χ0n) is 5.68. The smallest absolute Gasteiger partial charge is 0.308 e. The first-order valence-electron chi connectivity index (χ1n) is 2.68. The average molecular weight is 126 g/mol. The van der Waals surface area contributed by atoms with Crippen molar-refractivity contribution in [3.05, 3.63) is 24.5 Å². The minimum Gasteiger partial charge on any atom is -0.427 e. The summed E-state index contributed by atoms with van der Waals surface area (Å²) in [6.45, 7) is 6.57. The van der Waals surface area contributed by atoms with Crippen LogP contribution in [0.3, 0.4) is 0 Å². The number of carbonyl (C=O) groups is 1. The number of hydrogen-bond donors (Lipinski definition) is 0. The summed E-state index contributed by atoms with van der Waals surface area (Å²) in [6.07, 6.45) is 3.16. The third kappa shape index (κ3) is 3.53. The maximum Gasteiger partial charge on any atom is 0.308 e. The molecule has 0 fully saturated rings. The van der Waals surface area contributed by atoms with E-state index in [0.29, 0.717) is 5.76 Å². The van der Waals surface area contributed by atoms with Gasteiger partial charge in [-0.1, -0.05) is 6.58 Å². The van der Waals surface area contributed by atoms with Crippen molar-refractivity contribution in [2.75, 3.05) is 0 Å². The molecular weight excluding hydrogens is 116 g/mol. The summed E-state index contributed by atoms with van der Waals surface area (Å²) in [7, 11) is 0. The minimum atomic E-state index is -0.317. The molecule has 0 rings (SSSR count). The fraction of sp³-hybridized carbons (Fsp3) is 0.286. The van der Waals surface area contributed by atoms with E-state index >= 15 is 0 Å². The zero-order valence-corrected chi connectivity index (χ0v) is 5.68. The Kier molecular flexibility index (Phi) is 3.44. The molecule has 0 N–H and O–H groups in total. The molecule has 2 heteroatoms. The Morgan fingerprint density at radius 1 is 1.67 bits per heavy atom. The van der Waals surface area contributed by atoms with Crippen LogP contribution in [0.4, 0.5) is 0 Å². The lowest BCUT2D eigenvalue weighted by atomic mass is 10.4. The summed E-state index contributed by atoms with van der Waals surface area (Å²) in [5.74, 6) is 0.186. The molecule has 0 spiro atoms. The van der Waals surface area contributed by atoms with Crippen LogP contribution in [0.5, 0.6) is 0 Å². The van der Waals surface area contributed by atoms with Crippen LogP contribution >= 0.6 is 0 Å². The van der Waals surface area contributed by atoms with Crippen LogP contribution in [-0.2, 0) is 9.53 Å². The van der Waals surface area contributed by atoms with E-state index in [2.05, 4.69) is 11.3 Å². The van der Waals surface area contributed by atoms with Crippen LogP contribution in [0, 0.1) is 0 Å². The van der Waals surface area contributed by atoms with Crippen LogP contribution in [0.25, 0.3) is 0 Å². The summed E-state index contributed by atoms with van der Waals surface area (Å²) >= 11 is 0. The first-order valence-corrected chi connectivity index (χ1v) is 2.68. The molecule has 0 unspecified atom stereocenters. The molecule has 0 aliphatic heterocycles. The Morgan fingerprint density at radius 3 is 2.33 bits per heavy atom. The average Bonchev–Trinajstić information content (AvgIpc) is 1.82. The highest BCUT2D eigenvalue weighted by Crippen LogP contribution is 1.96. The van der Waals surface area contributed by atoms with Gasteiger partial charge in [-0.15, -0.1) is 0 Å². The van der Waals surface area contributed by atoms with Crippen molar-refractivity contribution in [2.24, 2.45) is 0 Å². The van der Waals surface area contributed by atoms with E-state index in [1.165, 1.54) is 13.0 Å². The quantitative estimate of drug-likeness (QED) is 0.319. The predicted molar refractivity (Wildman–Crippen MR) is 35.7 cm³/mol. The van der Waals surface area contributed by atoms with Crippen LogP contribution in [0.2, 0.25) is 0 Å². The molecule has 0 bridgehead atoms. The molecule has 0 saturated heterocycles. The maximum atomic E-state index is 10.3. The molecule has 0 amide bonds. The van der Waals surface area contributed by atoms with E-state index in [1.807, 2.05) is 0 Å². The molecule has 0 aliphatic carbocycles. The molecular formula is C7H10O2. The van der Waals surface area contributed by atoms with Crippen molar-refractivity contribution < 1.29 is 9.53 Å². The molecule has 0 heterocycles. The van der Waals surface area contributed by atoms with Gasteiger partial charge in [-0.3, -0.25) is 4.79 Å². The van der Waals surface area contributed by atoms with Crippen molar-refractivity contribution in [1.82, 2.24) is 0 Å².